The van der Waals surface area contributed by atoms with E-state index in [1.54, 1.807) is 0 Å². The van der Waals surface area contributed by atoms with Crippen molar-refractivity contribution in [3.8, 4) is 0 Å². The quantitative estimate of drug-likeness (QED) is 0.459. The van der Waals surface area contributed by atoms with Gasteiger partial charge in [-0.15, -0.1) is 11.6 Å². The highest BCUT2D eigenvalue weighted by atomic mass is 35.5. The van der Waals surface area contributed by atoms with Crippen LogP contribution >= 0.6 is 11.6 Å². The standard InChI is InChI=1S/C4H8ClNO2/c5-3-4(7)1-2-6-8/h4,7H,1-3H2/t4-/m1/s1. The maximum Gasteiger partial charge on any atom is 0.0836 e. The maximum atomic E-state index is 9.42. The lowest BCUT2D eigenvalue weighted by atomic mass is 10.3. The van der Waals surface area contributed by atoms with Gasteiger partial charge in [0, 0.05) is 5.88 Å². The van der Waals surface area contributed by atoms with Crippen LogP contribution in [0.3, 0.4) is 0 Å². The highest BCUT2D eigenvalue weighted by Gasteiger charge is 1.98. The summed E-state index contributed by atoms with van der Waals surface area (Å²) in [5.74, 6) is 0.176. The van der Waals surface area contributed by atoms with E-state index in [-0.39, 0.29) is 12.4 Å². The monoisotopic (exact) mass is 137 g/mol. The number of rotatable bonds is 4. The highest BCUT2D eigenvalue weighted by molar-refractivity contribution is 6.18. The third-order valence-electron chi connectivity index (χ3n) is 0.732. The molecule has 0 heterocycles. The highest BCUT2D eigenvalue weighted by Crippen LogP contribution is 1.93. The second-order valence-electron chi connectivity index (χ2n) is 1.45. The summed E-state index contributed by atoms with van der Waals surface area (Å²) in [4.78, 5) is 9.42. The smallest absolute Gasteiger partial charge is 0.0836 e. The number of nitrogens with zero attached hydrogens (tertiary/aromatic N) is 1. The third-order valence-corrected chi connectivity index (χ3v) is 1.09. The molecule has 0 amide bonds. The Balaban J connectivity index is 2.97. The summed E-state index contributed by atoms with van der Waals surface area (Å²) in [7, 11) is 0. The molecule has 0 aliphatic carbocycles. The van der Waals surface area contributed by atoms with E-state index in [9.17, 15) is 4.91 Å². The fraction of sp³-hybridized carbons (Fsp3) is 1.00. The van der Waals surface area contributed by atoms with Gasteiger partial charge in [-0.05, 0) is 6.42 Å². The molecule has 0 aliphatic rings. The van der Waals surface area contributed by atoms with E-state index >= 15 is 0 Å². The maximum absolute atomic E-state index is 9.42. The largest absolute Gasteiger partial charge is 0.392 e. The van der Waals surface area contributed by atoms with Crippen LogP contribution in [0.1, 0.15) is 6.42 Å². The molecule has 0 aromatic heterocycles. The summed E-state index contributed by atoms with van der Waals surface area (Å²) < 4.78 is 0. The molecule has 0 aromatic rings. The van der Waals surface area contributed by atoms with Crippen molar-refractivity contribution in [1.29, 1.82) is 0 Å². The van der Waals surface area contributed by atoms with E-state index in [4.69, 9.17) is 16.7 Å². The average Bonchev–Trinajstić information content (AvgIpc) is 1.83. The zero-order valence-electron chi connectivity index (χ0n) is 4.38. The zero-order valence-corrected chi connectivity index (χ0v) is 5.14. The van der Waals surface area contributed by atoms with E-state index in [1.807, 2.05) is 0 Å². The third kappa shape index (κ3) is 4.02. The van der Waals surface area contributed by atoms with Gasteiger partial charge >= 0.3 is 0 Å². The van der Waals surface area contributed by atoms with Crippen LogP contribution in [0, 0.1) is 4.91 Å². The fourth-order valence-corrected chi connectivity index (χ4v) is 0.433. The molecule has 0 saturated carbocycles. The Kier molecular flexibility index (Phi) is 4.90. The lowest BCUT2D eigenvalue weighted by Gasteiger charge is -1.99. The molecule has 4 heteroatoms. The Bertz CT molecular complexity index is 69.1. The Hall–Kier alpha value is -0.150. The van der Waals surface area contributed by atoms with Crippen LogP contribution in [0.2, 0.25) is 0 Å². The number of hydrogen-bond acceptors (Lipinski definition) is 3. The molecule has 0 aliphatic heterocycles. The van der Waals surface area contributed by atoms with Crippen LogP contribution in [0.4, 0.5) is 0 Å². The van der Waals surface area contributed by atoms with Crippen molar-refractivity contribution in [2.24, 2.45) is 5.18 Å². The first kappa shape index (κ1) is 7.85. The average molecular weight is 138 g/mol. The molecular formula is C4H8ClNO2. The minimum atomic E-state index is -0.575. The number of aliphatic hydroxyl groups excluding tert-OH is 1. The SMILES string of the molecule is O=NCC[C@@H](O)CCl. The molecule has 1 atom stereocenters. The molecule has 48 valence electrons. The van der Waals surface area contributed by atoms with Crippen LogP contribution < -0.4 is 0 Å². The van der Waals surface area contributed by atoms with Gasteiger partial charge in [0.25, 0.3) is 0 Å². The lowest BCUT2D eigenvalue weighted by Crippen LogP contribution is -2.08. The molecule has 0 unspecified atom stereocenters. The number of halogens is 1. The van der Waals surface area contributed by atoms with E-state index < -0.39 is 6.10 Å². The first-order valence-corrected chi connectivity index (χ1v) is 2.88. The molecule has 0 spiro atoms. The second-order valence-corrected chi connectivity index (χ2v) is 1.76. The van der Waals surface area contributed by atoms with E-state index in [0.717, 1.165) is 0 Å². The van der Waals surface area contributed by atoms with Crippen LogP contribution in [0.5, 0.6) is 0 Å². The summed E-state index contributed by atoms with van der Waals surface area (Å²) in [5.41, 5.74) is 0. The van der Waals surface area contributed by atoms with Crippen molar-refractivity contribution in [2.75, 3.05) is 12.4 Å². The molecular weight excluding hydrogens is 130 g/mol. The summed E-state index contributed by atoms with van der Waals surface area (Å²) in [5, 5.41) is 11.2. The van der Waals surface area contributed by atoms with Gasteiger partial charge < -0.3 is 5.11 Å². The molecule has 0 fully saturated rings. The predicted octanol–water partition coefficient (Wildman–Crippen LogP) is 0.743. The Morgan fingerprint density at radius 2 is 2.38 bits per heavy atom. The van der Waals surface area contributed by atoms with Crippen LogP contribution in [0.25, 0.3) is 0 Å². The van der Waals surface area contributed by atoms with Gasteiger partial charge in [0.05, 0.1) is 12.6 Å². The molecule has 0 bridgehead atoms. The van der Waals surface area contributed by atoms with Gasteiger partial charge in [-0.25, -0.2) is 0 Å². The number of alkyl halides is 1. The summed E-state index contributed by atoms with van der Waals surface area (Å²) in [6.45, 7) is 0.147. The van der Waals surface area contributed by atoms with Gasteiger partial charge in [0.15, 0.2) is 0 Å². The zero-order chi connectivity index (χ0) is 6.41. The van der Waals surface area contributed by atoms with Crippen molar-refractivity contribution in [2.45, 2.75) is 12.5 Å². The number of aliphatic hydroxyl groups is 1. The van der Waals surface area contributed by atoms with Gasteiger partial charge in [0.1, 0.15) is 0 Å². The topological polar surface area (TPSA) is 49.7 Å². The normalized spacial score (nSPS) is 13.2. The Labute approximate surface area is 52.6 Å². The second kappa shape index (κ2) is 5.00. The van der Waals surface area contributed by atoms with Crippen LogP contribution in [-0.4, -0.2) is 23.6 Å². The summed E-state index contributed by atoms with van der Waals surface area (Å²) in [6, 6.07) is 0. The van der Waals surface area contributed by atoms with Crippen molar-refractivity contribution >= 4 is 11.6 Å². The predicted molar refractivity (Wildman–Crippen MR) is 32.0 cm³/mol. The number of nitroso groups, excluding NO2 is 1. The van der Waals surface area contributed by atoms with Crippen molar-refractivity contribution in [3.05, 3.63) is 4.91 Å². The molecule has 8 heavy (non-hydrogen) atoms. The molecule has 1 N–H and O–H groups in total. The summed E-state index contributed by atoms with van der Waals surface area (Å²) >= 11 is 5.19. The molecule has 0 aromatic carbocycles. The van der Waals surface area contributed by atoms with E-state index in [1.165, 1.54) is 0 Å². The lowest BCUT2D eigenvalue weighted by molar-refractivity contribution is 0.190. The van der Waals surface area contributed by atoms with Gasteiger partial charge in [-0.2, -0.15) is 4.91 Å². The van der Waals surface area contributed by atoms with Gasteiger partial charge in [-0.1, -0.05) is 5.18 Å². The first-order chi connectivity index (χ1) is 3.81. The Morgan fingerprint density at radius 3 is 2.75 bits per heavy atom. The summed E-state index contributed by atoms with van der Waals surface area (Å²) in [6.07, 6.45) is -0.207. The number of hydrogen-bond donors (Lipinski definition) is 1. The minimum absolute atomic E-state index is 0.147. The molecule has 0 radical (unpaired) electrons. The van der Waals surface area contributed by atoms with E-state index in [0.29, 0.717) is 6.42 Å². The minimum Gasteiger partial charge on any atom is -0.392 e. The van der Waals surface area contributed by atoms with Crippen molar-refractivity contribution in [3.63, 3.8) is 0 Å². The first-order valence-electron chi connectivity index (χ1n) is 2.34. The van der Waals surface area contributed by atoms with Gasteiger partial charge in [0.2, 0.25) is 0 Å². The molecule has 0 rings (SSSR count). The van der Waals surface area contributed by atoms with Crippen molar-refractivity contribution in [1.82, 2.24) is 0 Å². The van der Waals surface area contributed by atoms with Crippen LogP contribution in [0.15, 0.2) is 5.18 Å². The molecule has 0 saturated heterocycles. The Morgan fingerprint density at radius 1 is 1.75 bits per heavy atom. The fourth-order valence-electron chi connectivity index (χ4n) is 0.279. The van der Waals surface area contributed by atoms with E-state index in [2.05, 4.69) is 5.18 Å². The van der Waals surface area contributed by atoms with Crippen molar-refractivity contribution < 1.29 is 5.11 Å². The van der Waals surface area contributed by atoms with Gasteiger partial charge in [-0.3, -0.25) is 0 Å². The molecule has 3 nitrogen and oxygen atoms in total. The van der Waals surface area contributed by atoms with Crippen LogP contribution in [-0.2, 0) is 0 Å².